The Balaban J connectivity index is 1.90. The first-order chi connectivity index (χ1) is 9.29. The minimum absolute atomic E-state index is 0.177. The summed E-state index contributed by atoms with van der Waals surface area (Å²) in [5, 5.41) is 12.5. The van der Waals surface area contributed by atoms with Crippen molar-refractivity contribution in [2.75, 3.05) is 24.2 Å². The average molecular weight is 256 g/mol. The summed E-state index contributed by atoms with van der Waals surface area (Å²) < 4.78 is 0. The standard InChI is InChI=1S/C16H20N2O/c17-15-7-5-13(6-8-15)9-11-18-16-4-2-1-3-14(16)10-12-19/h1-8,18-19H,9-12,17H2. The molecule has 0 aliphatic heterocycles. The van der Waals surface area contributed by atoms with Gasteiger partial charge in [0.2, 0.25) is 0 Å². The molecule has 0 atom stereocenters. The molecule has 2 aromatic rings. The third kappa shape index (κ3) is 4.00. The van der Waals surface area contributed by atoms with E-state index >= 15 is 0 Å². The number of nitrogens with two attached hydrogens (primary N) is 1. The fraction of sp³-hybridized carbons (Fsp3) is 0.250. The molecule has 0 spiro atoms. The van der Waals surface area contributed by atoms with Crippen LogP contribution in [0.3, 0.4) is 0 Å². The van der Waals surface area contributed by atoms with Crippen molar-refractivity contribution >= 4 is 11.4 Å². The second-order valence-electron chi connectivity index (χ2n) is 4.55. The van der Waals surface area contributed by atoms with Crippen molar-refractivity contribution in [2.24, 2.45) is 0 Å². The van der Waals surface area contributed by atoms with Crippen LogP contribution in [0.2, 0.25) is 0 Å². The molecule has 0 saturated heterocycles. The van der Waals surface area contributed by atoms with E-state index in [0.717, 1.165) is 29.9 Å². The molecule has 2 aromatic carbocycles. The maximum absolute atomic E-state index is 9.03. The zero-order valence-corrected chi connectivity index (χ0v) is 11.0. The molecule has 0 bridgehead atoms. The third-order valence-electron chi connectivity index (χ3n) is 3.11. The summed E-state index contributed by atoms with van der Waals surface area (Å²) in [5.74, 6) is 0. The lowest BCUT2D eigenvalue weighted by Gasteiger charge is -2.11. The summed E-state index contributed by atoms with van der Waals surface area (Å²) in [6.07, 6.45) is 1.64. The topological polar surface area (TPSA) is 58.3 Å². The number of hydrogen-bond donors (Lipinski definition) is 3. The highest BCUT2D eigenvalue weighted by atomic mass is 16.2. The number of aliphatic hydroxyl groups excluding tert-OH is 1. The molecule has 100 valence electrons. The second-order valence-corrected chi connectivity index (χ2v) is 4.55. The van der Waals surface area contributed by atoms with Gasteiger partial charge in [-0.2, -0.15) is 0 Å². The number of hydrogen-bond acceptors (Lipinski definition) is 3. The lowest BCUT2D eigenvalue weighted by Crippen LogP contribution is -2.07. The van der Waals surface area contributed by atoms with Crippen LogP contribution >= 0.6 is 0 Å². The van der Waals surface area contributed by atoms with Gasteiger partial charge in [-0.05, 0) is 42.2 Å². The Morgan fingerprint density at radius 1 is 0.947 bits per heavy atom. The molecular formula is C16H20N2O. The van der Waals surface area contributed by atoms with Crippen LogP contribution in [0.25, 0.3) is 0 Å². The van der Waals surface area contributed by atoms with Gasteiger partial charge in [0.15, 0.2) is 0 Å². The summed E-state index contributed by atoms with van der Waals surface area (Å²) in [6.45, 7) is 1.04. The molecule has 4 N–H and O–H groups in total. The molecule has 0 heterocycles. The van der Waals surface area contributed by atoms with E-state index in [1.165, 1.54) is 5.56 Å². The van der Waals surface area contributed by atoms with E-state index in [2.05, 4.69) is 17.4 Å². The van der Waals surface area contributed by atoms with Gasteiger partial charge in [-0.25, -0.2) is 0 Å². The van der Waals surface area contributed by atoms with Crippen LogP contribution in [-0.4, -0.2) is 18.3 Å². The number of nitrogen functional groups attached to an aromatic ring is 1. The summed E-state index contributed by atoms with van der Waals surface area (Å²) >= 11 is 0. The molecule has 3 nitrogen and oxygen atoms in total. The van der Waals surface area contributed by atoms with Gasteiger partial charge in [0.25, 0.3) is 0 Å². The molecule has 0 aromatic heterocycles. The Kier molecular flexibility index (Phi) is 4.81. The number of benzene rings is 2. The van der Waals surface area contributed by atoms with E-state index in [1.807, 2.05) is 36.4 Å². The highest BCUT2D eigenvalue weighted by molar-refractivity contribution is 5.51. The van der Waals surface area contributed by atoms with Crippen LogP contribution in [0.1, 0.15) is 11.1 Å². The first kappa shape index (κ1) is 13.4. The van der Waals surface area contributed by atoms with E-state index < -0.39 is 0 Å². The van der Waals surface area contributed by atoms with Crippen LogP contribution in [-0.2, 0) is 12.8 Å². The Morgan fingerprint density at radius 3 is 2.42 bits per heavy atom. The van der Waals surface area contributed by atoms with Gasteiger partial charge in [-0.15, -0.1) is 0 Å². The van der Waals surface area contributed by atoms with Gasteiger partial charge in [0.1, 0.15) is 0 Å². The van der Waals surface area contributed by atoms with Gasteiger partial charge < -0.3 is 16.2 Å². The van der Waals surface area contributed by atoms with Crippen LogP contribution in [0, 0.1) is 0 Å². The highest BCUT2D eigenvalue weighted by Crippen LogP contribution is 2.15. The molecule has 0 amide bonds. The molecule has 19 heavy (non-hydrogen) atoms. The third-order valence-corrected chi connectivity index (χ3v) is 3.11. The fourth-order valence-electron chi connectivity index (χ4n) is 2.06. The van der Waals surface area contributed by atoms with Crippen molar-refractivity contribution in [3.05, 3.63) is 59.7 Å². The fourth-order valence-corrected chi connectivity index (χ4v) is 2.06. The minimum Gasteiger partial charge on any atom is -0.399 e. The van der Waals surface area contributed by atoms with Gasteiger partial charge in [-0.3, -0.25) is 0 Å². The van der Waals surface area contributed by atoms with Gasteiger partial charge in [0, 0.05) is 24.5 Å². The van der Waals surface area contributed by atoms with Crippen molar-refractivity contribution in [3.63, 3.8) is 0 Å². The Hall–Kier alpha value is -2.00. The Morgan fingerprint density at radius 2 is 1.68 bits per heavy atom. The van der Waals surface area contributed by atoms with E-state index in [4.69, 9.17) is 10.8 Å². The number of rotatable bonds is 6. The monoisotopic (exact) mass is 256 g/mol. The van der Waals surface area contributed by atoms with E-state index in [1.54, 1.807) is 0 Å². The zero-order chi connectivity index (χ0) is 13.5. The predicted molar refractivity (Wildman–Crippen MR) is 80.3 cm³/mol. The lowest BCUT2D eigenvalue weighted by molar-refractivity contribution is 0.300. The van der Waals surface area contributed by atoms with Crippen molar-refractivity contribution in [1.29, 1.82) is 0 Å². The summed E-state index contributed by atoms with van der Waals surface area (Å²) in [4.78, 5) is 0. The molecule has 0 fully saturated rings. The van der Waals surface area contributed by atoms with Crippen molar-refractivity contribution in [2.45, 2.75) is 12.8 Å². The highest BCUT2D eigenvalue weighted by Gasteiger charge is 2.00. The Bertz CT molecular complexity index is 508. The van der Waals surface area contributed by atoms with Gasteiger partial charge in [0.05, 0.1) is 0 Å². The first-order valence-electron chi connectivity index (χ1n) is 6.56. The minimum atomic E-state index is 0.177. The molecule has 0 aliphatic carbocycles. The summed E-state index contributed by atoms with van der Waals surface area (Å²) in [7, 11) is 0. The molecule has 0 radical (unpaired) electrons. The molecular weight excluding hydrogens is 236 g/mol. The number of para-hydroxylation sites is 1. The van der Waals surface area contributed by atoms with E-state index in [-0.39, 0.29) is 6.61 Å². The number of nitrogens with one attached hydrogen (secondary N) is 1. The SMILES string of the molecule is Nc1ccc(CCNc2ccccc2CCO)cc1. The van der Waals surface area contributed by atoms with Crippen molar-refractivity contribution in [1.82, 2.24) is 0 Å². The van der Waals surface area contributed by atoms with Crippen LogP contribution < -0.4 is 11.1 Å². The molecule has 0 unspecified atom stereocenters. The summed E-state index contributed by atoms with van der Waals surface area (Å²) in [6, 6.07) is 16.1. The zero-order valence-electron chi connectivity index (χ0n) is 11.0. The van der Waals surface area contributed by atoms with Crippen molar-refractivity contribution < 1.29 is 5.11 Å². The quantitative estimate of drug-likeness (QED) is 0.696. The lowest BCUT2D eigenvalue weighted by atomic mass is 10.1. The molecule has 3 heteroatoms. The first-order valence-corrected chi connectivity index (χ1v) is 6.56. The predicted octanol–water partition coefficient (Wildman–Crippen LogP) is 2.46. The van der Waals surface area contributed by atoms with E-state index in [9.17, 15) is 0 Å². The maximum atomic E-state index is 9.03. The largest absolute Gasteiger partial charge is 0.399 e. The smallest absolute Gasteiger partial charge is 0.0472 e. The van der Waals surface area contributed by atoms with Crippen LogP contribution in [0.15, 0.2) is 48.5 Å². The second kappa shape index (κ2) is 6.81. The average Bonchev–Trinajstić information content (AvgIpc) is 2.43. The van der Waals surface area contributed by atoms with Gasteiger partial charge in [-0.1, -0.05) is 30.3 Å². The summed E-state index contributed by atoms with van der Waals surface area (Å²) in [5.41, 5.74) is 9.98. The van der Waals surface area contributed by atoms with Crippen LogP contribution in [0.4, 0.5) is 11.4 Å². The molecule has 0 aliphatic rings. The van der Waals surface area contributed by atoms with Crippen molar-refractivity contribution in [3.8, 4) is 0 Å². The molecule has 0 saturated carbocycles. The van der Waals surface area contributed by atoms with Gasteiger partial charge >= 0.3 is 0 Å². The van der Waals surface area contributed by atoms with Crippen LogP contribution in [0.5, 0.6) is 0 Å². The number of aliphatic hydroxyl groups is 1. The molecule has 2 rings (SSSR count). The maximum Gasteiger partial charge on any atom is 0.0472 e. The van der Waals surface area contributed by atoms with E-state index in [0.29, 0.717) is 6.42 Å². The Labute approximate surface area is 114 Å². The number of anilines is 2. The normalized spacial score (nSPS) is 10.4.